The summed E-state index contributed by atoms with van der Waals surface area (Å²) in [5, 5.41) is 6.26. The monoisotopic (exact) mass is 417 g/mol. The van der Waals surface area contributed by atoms with Crippen LogP contribution in [0.3, 0.4) is 0 Å². The van der Waals surface area contributed by atoms with Crippen LogP contribution in [0.1, 0.15) is 37.7 Å². The fourth-order valence-electron chi connectivity index (χ4n) is 3.14. The summed E-state index contributed by atoms with van der Waals surface area (Å²) in [6.45, 7) is -0.275. The van der Waals surface area contributed by atoms with Crippen LogP contribution < -0.4 is 20.1 Å². The van der Waals surface area contributed by atoms with E-state index in [0.29, 0.717) is 31.2 Å². The van der Waals surface area contributed by atoms with E-state index in [1.807, 2.05) is 18.2 Å². The first-order valence-electron chi connectivity index (χ1n) is 9.84. The molecule has 1 aliphatic rings. The maximum absolute atomic E-state index is 12.0. The van der Waals surface area contributed by atoms with E-state index in [1.54, 1.807) is 14.2 Å². The Balaban J connectivity index is 1.82. The lowest BCUT2D eigenvalue weighted by Crippen LogP contribution is -2.37. The van der Waals surface area contributed by atoms with Crippen molar-refractivity contribution in [2.24, 2.45) is 4.99 Å². The molecule has 0 saturated heterocycles. The molecule has 0 heterocycles. The Morgan fingerprint density at radius 3 is 2.62 bits per heavy atom. The van der Waals surface area contributed by atoms with Crippen molar-refractivity contribution >= 4 is 5.96 Å². The van der Waals surface area contributed by atoms with Crippen LogP contribution in [-0.4, -0.2) is 52.2 Å². The number of nitrogens with one attached hydrogen (secondary N) is 2. The van der Waals surface area contributed by atoms with E-state index in [9.17, 15) is 13.2 Å². The highest BCUT2D eigenvalue weighted by Crippen LogP contribution is 2.34. The highest BCUT2D eigenvalue weighted by Gasteiger charge is 2.27. The van der Waals surface area contributed by atoms with E-state index in [2.05, 4.69) is 20.4 Å². The first-order chi connectivity index (χ1) is 13.9. The summed E-state index contributed by atoms with van der Waals surface area (Å²) >= 11 is 0. The van der Waals surface area contributed by atoms with Gasteiger partial charge in [0.25, 0.3) is 0 Å². The van der Waals surface area contributed by atoms with Crippen LogP contribution in [0.15, 0.2) is 23.2 Å². The molecule has 1 aliphatic carbocycles. The predicted molar refractivity (Wildman–Crippen MR) is 106 cm³/mol. The van der Waals surface area contributed by atoms with Crippen LogP contribution in [0.4, 0.5) is 13.2 Å². The second-order valence-electron chi connectivity index (χ2n) is 6.85. The molecular weight excluding hydrogens is 387 g/mol. The third-order valence-electron chi connectivity index (χ3n) is 4.56. The van der Waals surface area contributed by atoms with Crippen LogP contribution in [0, 0.1) is 0 Å². The molecular formula is C20H30F3N3O3. The molecule has 0 aliphatic heterocycles. The van der Waals surface area contributed by atoms with Crippen LogP contribution in [0.2, 0.25) is 0 Å². The van der Waals surface area contributed by atoms with Crippen molar-refractivity contribution in [2.75, 3.05) is 33.9 Å². The molecule has 164 valence electrons. The number of alkyl halides is 3. The van der Waals surface area contributed by atoms with Gasteiger partial charge >= 0.3 is 6.18 Å². The van der Waals surface area contributed by atoms with Gasteiger partial charge in [-0.3, -0.25) is 4.99 Å². The van der Waals surface area contributed by atoms with E-state index in [-0.39, 0.29) is 12.7 Å². The van der Waals surface area contributed by atoms with Crippen LogP contribution >= 0.6 is 0 Å². The van der Waals surface area contributed by atoms with Gasteiger partial charge in [0.15, 0.2) is 17.5 Å². The number of ether oxygens (including phenoxy) is 3. The molecule has 0 aromatic heterocycles. The number of benzene rings is 1. The lowest BCUT2D eigenvalue weighted by atomic mass is 10.1. The first kappa shape index (κ1) is 23.1. The van der Waals surface area contributed by atoms with Crippen LogP contribution in [0.25, 0.3) is 0 Å². The highest BCUT2D eigenvalue weighted by atomic mass is 19.4. The fourth-order valence-corrected chi connectivity index (χ4v) is 3.14. The van der Waals surface area contributed by atoms with Crippen molar-refractivity contribution in [1.29, 1.82) is 0 Å². The smallest absolute Gasteiger partial charge is 0.411 e. The molecule has 0 amide bonds. The Morgan fingerprint density at radius 1 is 1.21 bits per heavy atom. The van der Waals surface area contributed by atoms with Gasteiger partial charge in [-0.1, -0.05) is 12.1 Å². The average Bonchev–Trinajstić information content (AvgIpc) is 3.20. The normalized spacial score (nSPS) is 15.4. The largest absolute Gasteiger partial charge is 0.493 e. The Kier molecular flexibility index (Phi) is 9.37. The van der Waals surface area contributed by atoms with Gasteiger partial charge in [-0.2, -0.15) is 13.2 Å². The maximum atomic E-state index is 12.0. The number of methoxy groups -OCH3 is 1. The molecule has 1 fully saturated rings. The number of nitrogens with zero attached hydrogens (tertiary/aromatic N) is 1. The van der Waals surface area contributed by atoms with Crippen LogP contribution in [-0.2, 0) is 11.3 Å². The number of hydrogen-bond acceptors (Lipinski definition) is 4. The third-order valence-corrected chi connectivity index (χ3v) is 4.56. The Labute approximate surface area is 169 Å². The zero-order chi connectivity index (χ0) is 21.1. The third kappa shape index (κ3) is 8.39. The van der Waals surface area contributed by atoms with Gasteiger partial charge in [0, 0.05) is 32.3 Å². The summed E-state index contributed by atoms with van der Waals surface area (Å²) in [6.07, 6.45) is 0.799. The zero-order valence-electron chi connectivity index (χ0n) is 17.0. The number of guanidine groups is 1. The Hall–Kier alpha value is -2.16. The summed E-state index contributed by atoms with van der Waals surface area (Å²) in [7, 11) is 3.26. The average molecular weight is 417 g/mol. The summed E-state index contributed by atoms with van der Waals surface area (Å²) in [5.41, 5.74) is 0.952. The molecule has 1 aromatic rings. The van der Waals surface area contributed by atoms with Crippen LogP contribution in [0.5, 0.6) is 11.5 Å². The van der Waals surface area contributed by atoms with Crippen molar-refractivity contribution in [3.05, 3.63) is 23.8 Å². The summed E-state index contributed by atoms with van der Waals surface area (Å²) in [4.78, 5) is 4.14. The quantitative estimate of drug-likeness (QED) is 0.346. The summed E-state index contributed by atoms with van der Waals surface area (Å²) < 4.78 is 52.4. The van der Waals surface area contributed by atoms with Gasteiger partial charge < -0.3 is 24.8 Å². The number of halogens is 3. The predicted octanol–water partition coefficient (Wildman–Crippen LogP) is 3.65. The first-order valence-corrected chi connectivity index (χ1v) is 9.84. The van der Waals surface area contributed by atoms with Gasteiger partial charge in [-0.25, -0.2) is 0 Å². The fraction of sp³-hybridized carbons (Fsp3) is 0.650. The van der Waals surface area contributed by atoms with E-state index in [1.165, 1.54) is 12.8 Å². The van der Waals surface area contributed by atoms with Gasteiger partial charge in [-0.05, 0) is 38.2 Å². The van der Waals surface area contributed by atoms with E-state index in [0.717, 1.165) is 24.2 Å². The van der Waals surface area contributed by atoms with Gasteiger partial charge in [0.1, 0.15) is 6.61 Å². The van der Waals surface area contributed by atoms with Crippen molar-refractivity contribution in [1.82, 2.24) is 10.6 Å². The Morgan fingerprint density at radius 2 is 1.97 bits per heavy atom. The lowest BCUT2D eigenvalue weighted by molar-refractivity contribution is -0.173. The zero-order valence-corrected chi connectivity index (χ0v) is 17.0. The van der Waals surface area contributed by atoms with Crippen molar-refractivity contribution < 1.29 is 27.4 Å². The minimum Gasteiger partial charge on any atom is -0.493 e. The molecule has 0 bridgehead atoms. The standard InChI is InChI=1S/C20H30F3N3O3/c1-24-19(25-11-6-12-28-14-20(21,22)23)26-13-15-7-5-10-17(27-2)18(15)29-16-8-3-4-9-16/h5,7,10,16H,3-4,6,8-9,11-14H2,1-2H3,(H2,24,25,26). The molecule has 1 aromatic carbocycles. The second kappa shape index (κ2) is 11.7. The minimum atomic E-state index is -4.29. The topological polar surface area (TPSA) is 64.1 Å². The molecule has 2 rings (SSSR count). The van der Waals surface area contributed by atoms with E-state index >= 15 is 0 Å². The molecule has 1 saturated carbocycles. The molecule has 6 nitrogen and oxygen atoms in total. The number of hydrogen-bond donors (Lipinski definition) is 2. The maximum Gasteiger partial charge on any atom is 0.411 e. The SMILES string of the molecule is CN=C(NCCCOCC(F)(F)F)NCc1cccc(OC)c1OC1CCCC1. The van der Waals surface area contributed by atoms with Gasteiger partial charge in [0.2, 0.25) is 0 Å². The summed E-state index contributed by atoms with van der Waals surface area (Å²) in [6, 6.07) is 5.76. The van der Waals surface area contributed by atoms with Crippen molar-refractivity contribution in [2.45, 2.75) is 50.9 Å². The van der Waals surface area contributed by atoms with E-state index in [4.69, 9.17) is 9.47 Å². The molecule has 0 atom stereocenters. The highest BCUT2D eigenvalue weighted by molar-refractivity contribution is 5.79. The van der Waals surface area contributed by atoms with Gasteiger partial charge in [0.05, 0.1) is 13.2 Å². The molecule has 0 spiro atoms. The van der Waals surface area contributed by atoms with E-state index < -0.39 is 12.8 Å². The molecule has 2 N–H and O–H groups in total. The number of aliphatic imine (C=N–C) groups is 1. The Bertz CT molecular complexity index is 648. The number of para-hydroxylation sites is 1. The second-order valence-corrected chi connectivity index (χ2v) is 6.85. The minimum absolute atomic E-state index is 0.0266. The molecule has 0 radical (unpaired) electrons. The summed E-state index contributed by atoms with van der Waals surface area (Å²) in [5.74, 6) is 1.99. The van der Waals surface area contributed by atoms with Gasteiger partial charge in [-0.15, -0.1) is 0 Å². The number of rotatable bonds is 10. The molecule has 29 heavy (non-hydrogen) atoms. The van der Waals surface area contributed by atoms with Crippen molar-refractivity contribution in [3.63, 3.8) is 0 Å². The van der Waals surface area contributed by atoms with Crippen molar-refractivity contribution in [3.8, 4) is 11.5 Å². The molecule has 0 unspecified atom stereocenters. The molecule has 9 heteroatoms. The lowest BCUT2D eigenvalue weighted by Gasteiger charge is -2.20.